The van der Waals surface area contributed by atoms with Crippen LogP contribution < -0.4 is 0 Å². The van der Waals surface area contributed by atoms with E-state index in [2.05, 4.69) is 83.4 Å². The van der Waals surface area contributed by atoms with Crippen molar-refractivity contribution in [1.29, 1.82) is 0 Å². The number of pyridine rings is 1. The molecule has 0 N–H and O–H groups in total. The molecule has 0 aliphatic rings. The smallest absolute Gasteiger partial charge is 0.116 e. The van der Waals surface area contributed by atoms with E-state index in [1.807, 2.05) is 18.3 Å². The zero-order valence-corrected chi connectivity index (χ0v) is 15.8. The molecule has 0 fully saturated rings. The Labute approximate surface area is 163 Å². The summed E-state index contributed by atoms with van der Waals surface area (Å²) in [6, 6.07) is 23.2. The number of para-hydroxylation sites is 1. The Balaban J connectivity index is 1.63. The van der Waals surface area contributed by atoms with Crippen LogP contribution in [0.15, 0.2) is 79.3 Å². The van der Waals surface area contributed by atoms with Crippen LogP contribution in [-0.2, 0) is 0 Å². The maximum Gasteiger partial charge on any atom is 0.116 e. The summed E-state index contributed by atoms with van der Waals surface area (Å²) in [4.78, 5) is 13.6. The average Bonchev–Trinajstić information content (AvgIpc) is 2.72. The Morgan fingerprint density at radius 1 is 0.607 bits per heavy atom. The van der Waals surface area contributed by atoms with Crippen LogP contribution in [0.2, 0.25) is 0 Å². The normalized spacial score (nSPS) is 11.2. The summed E-state index contributed by atoms with van der Waals surface area (Å²) in [5.41, 5.74) is 7.53. The molecule has 2 aromatic heterocycles. The van der Waals surface area contributed by atoms with Crippen LogP contribution in [0.1, 0.15) is 11.1 Å². The molecule has 134 valence electrons. The Morgan fingerprint density at radius 3 is 2.18 bits per heavy atom. The molecule has 28 heavy (non-hydrogen) atoms. The molecule has 5 aromatic rings. The highest BCUT2D eigenvalue weighted by Crippen LogP contribution is 2.29. The lowest BCUT2D eigenvalue weighted by Gasteiger charge is -2.08. The van der Waals surface area contributed by atoms with Crippen molar-refractivity contribution in [2.24, 2.45) is 0 Å². The quantitative estimate of drug-likeness (QED) is 0.355. The van der Waals surface area contributed by atoms with Gasteiger partial charge in [0.1, 0.15) is 6.33 Å². The molecule has 0 atom stereocenters. The first-order chi connectivity index (χ1) is 13.7. The summed E-state index contributed by atoms with van der Waals surface area (Å²) in [6.45, 7) is 4.22. The molecular formula is C25H19N3. The van der Waals surface area contributed by atoms with Gasteiger partial charge < -0.3 is 0 Å². The van der Waals surface area contributed by atoms with Crippen LogP contribution in [0.5, 0.6) is 0 Å². The molecule has 0 spiro atoms. The summed E-state index contributed by atoms with van der Waals surface area (Å²) in [6.07, 6.45) is 3.58. The van der Waals surface area contributed by atoms with Gasteiger partial charge in [0.15, 0.2) is 0 Å². The van der Waals surface area contributed by atoms with Crippen molar-refractivity contribution >= 4 is 21.7 Å². The summed E-state index contributed by atoms with van der Waals surface area (Å²) < 4.78 is 0. The van der Waals surface area contributed by atoms with E-state index < -0.39 is 0 Å². The molecule has 2 heterocycles. The second-order valence-corrected chi connectivity index (χ2v) is 7.24. The van der Waals surface area contributed by atoms with Crippen LogP contribution in [0, 0.1) is 13.8 Å². The van der Waals surface area contributed by atoms with Crippen molar-refractivity contribution in [3.05, 3.63) is 90.4 Å². The van der Waals surface area contributed by atoms with Crippen molar-refractivity contribution in [2.45, 2.75) is 13.8 Å². The molecule has 0 aliphatic heterocycles. The summed E-state index contributed by atoms with van der Waals surface area (Å²) in [5.74, 6) is 0. The molecule has 5 rings (SSSR count). The Hall–Kier alpha value is -3.59. The van der Waals surface area contributed by atoms with Crippen molar-refractivity contribution in [1.82, 2.24) is 15.0 Å². The minimum absolute atomic E-state index is 0.916. The summed E-state index contributed by atoms with van der Waals surface area (Å²) in [5, 5.41) is 3.49. The standard InChI is InChI=1S/C25H19N3/c1-16-9-17(2)11-19(10-16)25-13-24(27-15-28-25)18-7-8-21-20(12-18)14-26-23-6-4-3-5-22(21)23/h3-15H,1-2H3. The van der Waals surface area contributed by atoms with Gasteiger partial charge in [0.25, 0.3) is 0 Å². The van der Waals surface area contributed by atoms with E-state index in [4.69, 9.17) is 0 Å². The highest BCUT2D eigenvalue weighted by Gasteiger charge is 2.08. The maximum absolute atomic E-state index is 4.60. The van der Waals surface area contributed by atoms with Crippen LogP contribution >= 0.6 is 0 Å². The van der Waals surface area contributed by atoms with E-state index in [1.54, 1.807) is 6.33 Å². The zero-order chi connectivity index (χ0) is 19.1. The van der Waals surface area contributed by atoms with Gasteiger partial charge in [0.2, 0.25) is 0 Å². The second-order valence-electron chi connectivity index (χ2n) is 7.24. The minimum Gasteiger partial charge on any atom is -0.256 e. The third-order valence-corrected chi connectivity index (χ3v) is 5.07. The first-order valence-electron chi connectivity index (χ1n) is 9.36. The van der Waals surface area contributed by atoms with E-state index >= 15 is 0 Å². The number of rotatable bonds is 2. The number of hydrogen-bond acceptors (Lipinski definition) is 3. The van der Waals surface area contributed by atoms with Crippen LogP contribution in [-0.4, -0.2) is 15.0 Å². The van der Waals surface area contributed by atoms with E-state index in [1.165, 1.54) is 21.9 Å². The number of hydrogen-bond donors (Lipinski definition) is 0. The Bertz CT molecular complexity index is 1320. The lowest BCUT2D eigenvalue weighted by Crippen LogP contribution is -1.91. The fraction of sp³-hybridized carbons (Fsp3) is 0.0800. The van der Waals surface area contributed by atoms with Gasteiger partial charge in [-0.3, -0.25) is 4.98 Å². The van der Waals surface area contributed by atoms with Crippen molar-refractivity contribution in [3.8, 4) is 22.5 Å². The highest BCUT2D eigenvalue weighted by atomic mass is 14.8. The number of fused-ring (bicyclic) bond motifs is 3. The lowest BCUT2D eigenvalue weighted by molar-refractivity contribution is 1.17. The van der Waals surface area contributed by atoms with Gasteiger partial charge in [-0.1, -0.05) is 47.5 Å². The van der Waals surface area contributed by atoms with Crippen LogP contribution in [0.4, 0.5) is 0 Å². The Kier molecular flexibility index (Phi) is 3.87. The van der Waals surface area contributed by atoms with Gasteiger partial charge >= 0.3 is 0 Å². The van der Waals surface area contributed by atoms with Crippen molar-refractivity contribution in [3.63, 3.8) is 0 Å². The van der Waals surface area contributed by atoms with Crippen LogP contribution in [0.25, 0.3) is 44.2 Å². The van der Waals surface area contributed by atoms with Crippen molar-refractivity contribution in [2.75, 3.05) is 0 Å². The van der Waals surface area contributed by atoms with E-state index in [0.29, 0.717) is 0 Å². The lowest BCUT2D eigenvalue weighted by atomic mass is 10.0. The van der Waals surface area contributed by atoms with Gasteiger partial charge in [-0.15, -0.1) is 0 Å². The molecule has 0 radical (unpaired) electrons. The van der Waals surface area contributed by atoms with Gasteiger partial charge in [-0.2, -0.15) is 0 Å². The fourth-order valence-corrected chi connectivity index (χ4v) is 3.82. The maximum atomic E-state index is 4.60. The Morgan fingerprint density at radius 2 is 1.36 bits per heavy atom. The molecule has 0 bridgehead atoms. The van der Waals surface area contributed by atoms with Gasteiger partial charge in [-0.05, 0) is 49.6 Å². The molecule has 0 saturated heterocycles. The molecule has 3 nitrogen and oxygen atoms in total. The molecule has 0 saturated carbocycles. The molecular weight excluding hydrogens is 342 g/mol. The first-order valence-corrected chi connectivity index (χ1v) is 9.36. The van der Waals surface area contributed by atoms with Gasteiger partial charge in [0.05, 0.1) is 16.9 Å². The third kappa shape index (κ3) is 2.91. The summed E-state index contributed by atoms with van der Waals surface area (Å²) in [7, 11) is 0. The number of aromatic nitrogens is 3. The second kappa shape index (κ2) is 6.54. The van der Waals surface area contributed by atoms with Crippen LogP contribution in [0.3, 0.4) is 0 Å². The zero-order valence-electron chi connectivity index (χ0n) is 15.8. The predicted octanol–water partition coefficient (Wildman–Crippen LogP) is 6.13. The first kappa shape index (κ1) is 16.6. The van der Waals surface area contributed by atoms with E-state index in [9.17, 15) is 0 Å². The molecule has 0 aliphatic carbocycles. The largest absolute Gasteiger partial charge is 0.256 e. The number of aryl methyl sites for hydroxylation is 2. The molecule has 3 aromatic carbocycles. The monoisotopic (exact) mass is 361 g/mol. The molecule has 3 heteroatoms. The average molecular weight is 361 g/mol. The fourth-order valence-electron chi connectivity index (χ4n) is 3.82. The topological polar surface area (TPSA) is 38.7 Å². The third-order valence-electron chi connectivity index (χ3n) is 5.07. The van der Waals surface area contributed by atoms with E-state index in [-0.39, 0.29) is 0 Å². The number of benzene rings is 3. The summed E-state index contributed by atoms with van der Waals surface area (Å²) >= 11 is 0. The number of nitrogens with zero attached hydrogens (tertiary/aromatic N) is 3. The molecule has 0 unspecified atom stereocenters. The van der Waals surface area contributed by atoms with E-state index in [0.717, 1.165) is 33.4 Å². The van der Waals surface area contributed by atoms with Gasteiger partial charge in [-0.25, -0.2) is 9.97 Å². The van der Waals surface area contributed by atoms with Crippen molar-refractivity contribution < 1.29 is 0 Å². The minimum atomic E-state index is 0.916. The predicted molar refractivity (Wildman–Crippen MR) is 115 cm³/mol. The highest BCUT2D eigenvalue weighted by molar-refractivity contribution is 6.06. The molecule has 0 amide bonds. The SMILES string of the molecule is Cc1cc(C)cc(-c2cc(-c3ccc4c(cnc5ccccc54)c3)ncn2)c1. The van der Waals surface area contributed by atoms with Gasteiger partial charge in [0, 0.05) is 28.1 Å².